The summed E-state index contributed by atoms with van der Waals surface area (Å²) in [5.74, 6) is 0. The summed E-state index contributed by atoms with van der Waals surface area (Å²) < 4.78 is 12.7. The highest BCUT2D eigenvalue weighted by Crippen LogP contribution is 2.36. The van der Waals surface area contributed by atoms with E-state index in [2.05, 4.69) is 0 Å². The van der Waals surface area contributed by atoms with Crippen LogP contribution in [0, 0.1) is 41.5 Å². The summed E-state index contributed by atoms with van der Waals surface area (Å²) >= 11 is 0. The zero-order chi connectivity index (χ0) is 18.2. The van der Waals surface area contributed by atoms with E-state index in [1.807, 2.05) is 65.8 Å². The number of rotatable bonds is 4. The van der Waals surface area contributed by atoms with E-state index in [1.165, 1.54) is 0 Å². The average molecular weight is 342 g/mol. The molecule has 0 atom stereocenters. The van der Waals surface area contributed by atoms with E-state index < -0.39 is 18.8 Å². The summed E-state index contributed by atoms with van der Waals surface area (Å²) in [7, 11) is -3.09. The molecule has 0 unspecified atom stereocenters. The zero-order valence-electron chi connectivity index (χ0n) is 15.0. The molecule has 0 aliphatic heterocycles. The molecule has 0 bridgehead atoms. The van der Waals surface area contributed by atoms with Gasteiger partial charge in [-0.05, 0) is 63.8 Å². The lowest BCUT2D eigenvalue weighted by molar-refractivity contribution is 0.104. The van der Waals surface area contributed by atoms with Gasteiger partial charge in [-0.15, -0.1) is 0 Å². The Morgan fingerprint density at radius 3 is 1.12 bits per heavy atom. The highest BCUT2D eigenvalue weighted by atomic mass is 31.1. The number of carbonyl (C=O) groups is 2. The Hall–Kier alpha value is -1.99. The average Bonchev–Trinajstić information content (AvgIpc) is 2.43. The number of carbonyl (C=O) groups excluding carboxylic acids is 2. The van der Waals surface area contributed by atoms with Gasteiger partial charge in [0.05, 0.1) is 0 Å². The molecule has 0 N–H and O–H groups in total. The van der Waals surface area contributed by atoms with Crippen LogP contribution in [-0.4, -0.2) is 11.0 Å². The number of hydrogen-bond acceptors (Lipinski definition) is 3. The van der Waals surface area contributed by atoms with Crippen LogP contribution in [0.5, 0.6) is 0 Å². The third-order valence-electron chi connectivity index (χ3n) is 4.22. The van der Waals surface area contributed by atoms with Gasteiger partial charge >= 0.3 is 0 Å². The summed E-state index contributed by atoms with van der Waals surface area (Å²) in [5.41, 5.74) is 4.89. The van der Waals surface area contributed by atoms with Gasteiger partial charge in [0.1, 0.15) is 0 Å². The minimum absolute atomic E-state index is 0.417. The van der Waals surface area contributed by atoms with Crippen LogP contribution in [0.15, 0.2) is 24.3 Å². The first kappa shape index (κ1) is 18.4. The number of benzene rings is 2. The second kappa shape index (κ2) is 6.86. The Labute approximate surface area is 143 Å². The van der Waals surface area contributed by atoms with Crippen molar-refractivity contribution in [1.29, 1.82) is 0 Å². The van der Waals surface area contributed by atoms with Crippen molar-refractivity contribution in [2.75, 3.05) is 0 Å². The fourth-order valence-corrected chi connectivity index (χ4v) is 4.86. The van der Waals surface area contributed by atoms with Crippen molar-refractivity contribution in [2.45, 2.75) is 41.5 Å². The summed E-state index contributed by atoms with van der Waals surface area (Å²) in [6, 6.07) is 7.51. The maximum Gasteiger partial charge on any atom is 0.226 e. The van der Waals surface area contributed by atoms with E-state index in [-0.39, 0.29) is 0 Å². The Balaban J connectivity index is 2.46. The van der Waals surface area contributed by atoms with E-state index in [1.54, 1.807) is 0 Å². The second-order valence-electron chi connectivity index (χ2n) is 6.53. The topological polar surface area (TPSA) is 51.2 Å². The maximum atomic E-state index is 12.7. The molecule has 0 spiro atoms. The van der Waals surface area contributed by atoms with E-state index in [0.29, 0.717) is 11.1 Å². The van der Waals surface area contributed by atoms with Gasteiger partial charge in [0.25, 0.3) is 0 Å². The fourth-order valence-electron chi connectivity index (χ4n) is 3.41. The molecule has 0 aromatic heterocycles. The SMILES string of the molecule is Cc1cc(C)c(C(=O)[PH](=O)C(=O)c2c(C)cc(C)cc2C)c(C)c1. The molecule has 0 radical (unpaired) electrons. The normalized spacial score (nSPS) is 11.0. The van der Waals surface area contributed by atoms with Crippen LogP contribution in [-0.2, 0) is 4.57 Å². The van der Waals surface area contributed by atoms with Gasteiger partial charge in [-0.2, -0.15) is 0 Å². The molecule has 0 fully saturated rings. The fraction of sp³-hybridized carbons (Fsp3) is 0.300. The molecule has 0 saturated heterocycles. The van der Waals surface area contributed by atoms with Crippen LogP contribution in [0.1, 0.15) is 54.1 Å². The van der Waals surface area contributed by atoms with E-state index in [9.17, 15) is 14.2 Å². The molecule has 4 heteroatoms. The number of aryl methyl sites for hydroxylation is 6. The predicted molar refractivity (Wildman–Crippen MR) is 99.0 cm³/mol. The summed E-state index contributed by atoms with van der Waals surface area (Å²) in [6.07, 6.45) is 0. The Morgan fingerprint density at radius 1 is 0.625 bits per heavy atom. The van der Waals surface area contributed by atoms with Crippen molar-refractivity contribution in [1.82, 2.24) is 0 Å². The Morgan fingerprint density at radius 2 is 0.875 bits per heavy atom. The molecule has 126 valence electrons. The molecule has 2 aromatic carbocycles. The van der Waals surface area contributed by atoms with Crippen LogP contribution >= 0.6 is 7.80 Å². The van der Waals surface area contributed by atoms with E-state index >= 15 is 0 Å². The molecule has 0 aliphatic rings. The van der Waals surface area contributed by atoms with Crippen molar-refractivity contribution >= 4 is 18.8 Å². The van der Waals surface area contributed by atoms with Crippen LogP contribution in [0.3, 0.4) is 0 Å². The van der Waals surface area contributed by atoms with Crippen molar-refractivity contribution in [3.63, 3.8) is 0 Å². The Kier molecular flexibility index (Phi) is 5.25. The molecule has 0 heterocycles. The predicted octanol–water partition coefficient (Wildman–Crippen LogP) is 5.08. The summed E-state index contributed by atoms with van der Waals surface area (Å²) in [6.45, 7) is 11.2. The van der Waals surface area contributed by atoms with Gasteiger partial charge in [-0.25, -0.2) is 0 Å². The zero-order valence-corrected chi connectivity index (χ0v) is 16.0. The largest absolute Gasteiger partial charge is 0.310 e. The molecule has 0 aliphatic carbocycles. The quantitative estimate of drug-likeness (QED) is 0.728. The van der Waals surface area contributed by atoms with Gasteiger partial charge in [-0.3, -0.25) is 9.59 Å². The smallest absolute Gasteiger partial charge is 0.226 e. The van der Waals surface area contributed by atoms with Gasteiger partial charge in [0, 0.05) is 11.1 Å². The monoisotopic (exact) mass is 342 g/mol. The van der Waals surface area contributed by atoms with Gasteiger partial charge in [0.2, 0.25) is 18.8 Å². The van der Waals surface area contributed by atoms with Gasteiger partial charge in [0.15, 0.2) is 0 Å². The van der Waals surface area contributed by atoms with Crippen molar-refractivity contribution in [3.8, 4) is 0 Å². The first-order valence-corrected chi connectivity index (χ1v) is 9.33. The van der Waals surface area contributed by atoms with Crippen molar-refractivity contribution in [2.24, 2.45) is 0 Å². The molecule has 2 aromatic rings. The molecule has 2 rings (SSSR count). The first-order valence-electron chi connectivity index (χ1n) is 7.92. The minimum atomic E-state index is -3.09. The van der Waals surface area contributed by atoms with Crippen molar-refractivity contribution in [3.05, 3.63) is 68.8 Å². The third kappa shape index (κ3) is 3.42. The maximum absolute atomic E-state index is 12.7. The molecular weight excluding hydrogens is 319 g/mol. The Bertz CT molecular complexity index is 761. The molecule has 0 amide bonds. The molecule has 3 nitrogen and oxygen atoms in total. The van der Waals surface area contributed by atoms with Crippen LogP contribution in [0.2, 0.25) is 0 Å². The van der Waals surface area contributed by atoms with Gasteiger partial charge in [-0.1, -0.05) is 35.4 Å². The lowest BCUT2D eigenvalue weighted by atomic mass is 10.0. The lowest BCUT2D eigenvalue weighted by Crippen LogP contribution is -2.08. The highest BCUT2D eigenvalue weighted by molar-refractivity contribution is 7.80. The first-order chi connectivity index (χ1) is 11.1. The standard InChI is InChI=1S/C20H23O3P/c1-11-7-13(3)17(14(4)8-11)19(21)24(23)20(22)18-15(5)9-12(2)10-16(18)6/h7-10,24H,1-6H3. The van der Waals surface area contributed by atoms with Gasteiger partial charge < -0.3 is 4.57 Å². The molecular formula is C20H23O3P. The van der Waals surface area contributed by atoms with Crippen LogP contribution < -0.4 is 0 Å². The lowest BCUT2D eigenvalue weighted by Gasteiger charge is -2.12. The van der Waals surface area contributed by atoms with E-state index in [0.717, 1.165) is 33.4 Å². The summed E-state index contributed by atoms with van der Waals surface area (Å²) in [5, 5.41) is 0. The number of hydrogen-bond donors (Lipinski definition) is 0. The van der Waals surface area contributed by atoms with Crippen LogP contribution in [0.25, 0.3) is 0 Å². The highest BCUT2D eigenvalue weighted by Gasteiger charge is 2.27. The minimum Gasteiger partial charge on any atom is -0.310 e. The summed E-state index contributed by atoms with van der Waals surface area (Å²) in [4.78, 5) is 25.4. The van der Waals surface area contributed by atoms with Crippen LogP contribution in [0.4, 0.5) is 0 Å². The molecule has 0 saturated carbocycles. The van der Waals surface area contributed by atoms with E-state index in [4.69, 9.17) is 0 Å². The van der Waals surface area contributed by atoms with Crippen molar-refractivity contribution < 1.29 is 14.2 Å². The second-order valence-corrected chi connectivity index (χ2v) is 8.10. The third-order valence-corrected chi connectivity index (χ3v) is 5.55. The molecule has 24 heavy (non-hydrogen) atoms.